The van der Waals surface area contributed by atoms with E-state index in [1.54, 1.807) is 20.3 Å². The first-order valence-corrected chi connectivity index (χ1v) is 8.80. The summed E-state index contributed by atoms with van der Waals surface area (Å²) in [7, 11) is 3.27. The van der Waals surface area contributed by atoms with Crippen molar-refractivity contribution in [1.82, 2.24) is 10.3 Å². The van der Waals surface area contributed by atoms with E-state index in [2.05, 4.69) is 15.6 Å². The Morgan fingerprint density at radius 1 is 1.07 bits per heavy atom. The maximum atomic E-state index is 12.7. The average Bonchev–Trinajstić information content (AvgIpc) is 2.71. The Morgan fingerprint density at radius 2 is 1.85 bits per heavy atom. The SMILES string of the molecule is COCCCNC(=O)c1cc(Nc2ccccc2OC)nc2ccccc12. The fourth-order valence-corrected chi connectivity index (χ4v) is 2.83. The summed E-state index contributed by atoms with van der Waals surface area (Å²) in [6, 6.07) is 16.9. The van der Waals surface area contributed by atoms with Gasteiger partial charge in [-0.2, -0.15) is 0 Å². The maximum Gasteiger partial charge on any atom is 0.252 e. The lowest BCUT2D eigenvalue weighted by molar-refractivity contribution is 0.0950. The molecule has 3 rings (SSSR count). The van der Waals surface area contributed by atoms with Gasteiger partial charge in [0.2, 0.25) is 0 Å². The third-order valence-electron chi connectivity index (χ3n) is 4.14. The Morgan fingerprint density at radius 3 is 2.67 bits per heavy atom. The Hall–Kier alpha value is -3.12. The first-order valence-electron chi connectivity index (χ1n) is 8.80. The van der Waals surface area contributed by atoms with Crippen LogP contribution in [0.1, 0.15) is 16.8 Å². The molecule has 0 aliphatic heterocycles. The van der Waals surface area contributed by atoms with Crippen molar-refractivity contribution in [2.75, 3.05) is 32.7 Å². The molecule has 27 heavy (non-hydrogen) atoms. The standard InChI is InChI=1S/C21H23N3O3/c1-26-13-7-12-22-21(25)16-14-20(23-17-9-4-3-8-15(16)17)24-18-10-5-6-11-19(18)27-2/h3-6,8-11,14H,7,12-13H2,1-2H3,(H,22,25)(H,23,24). The maximum absolute atomic E-state index is 12.7. The third kappa shape index (κ3) is 4.54. The fourth-order valence-electron chi connectivity index (χ4n) is 2.83. The summed E-state index contributed by atoms with van der Waals surface area (Å²) >= 11 is 0. The number of aromatic nitrogens is 1. The molecule has 0 saturated carbocycles. The van der Waals surface area contributed by atoms with Crippen molar-refractivity contribution in [2.45, 2.75) is 6.42 Å². The van der Waals surface area contributed by atoms with Gasteiger partial charge in [-0.25, -0.2) is 4.98 Å². The minimum Gasteiger partial charge on any atom is -0.495 e. The third-order valence-corrected chi connectivity index (χ3v) is 4.14. The molecule has 140 valence electrons. The van der Waals surface area contributed by atoms with Crippen LogP contribution in [0.15, 0.2) is 54.6 Å². The predicted octanol–water partition coefficient (Wildman–Crippen LogP) is 3.75. The second-order valence-corrected chi connectivity index (χ2v) is 6.00. The summed E-state index contributed by atoms with van der Waals surface area (Å²) in [4.78, 5) is 17.3. The highest BCUT2D eigenvalue weighted by Crippen LogP contribution is 2.28. The molecule has 0 atom stereocenters. The van der Waals surface area contributed by atoms with Gasteiger partial charge >= 0.3 is 0 Å². The summed E-state index contributed by atoms with van der Waals surface area (Å²) in [6.07, 6.45) is 0.761. The van der Waals surface area contributed by atoms with Crippen molar-refractivity contribution in [3.8, 4) is 5.75 Å². The summed E-state index contributed by atoms with van der Waals surface area (Å²) in [5.74, 6) is 1.16. The molecular formula is C21H23N3O3. The van der Waals surface area contributed by atoms with Gasteiger partial charge in [0.05, 0.1) is 23.9 Å². The van der Waals surface area contributed by atoms with Crippen LogP contribution in [0, 0.1) is 0 Å². The number of methoxy groups -OCH3 is 2. The molecule has 0 radical (unpaired) electrons. The Labute approximate surface area is 158 Å². The first-order chi connectivity index (χ1) is 13.2. The van der Waals surface area contributed by atoms with Crippen molar-refractivity contribution in [3.05, 3.63) is 60.2 Å². The Balaban J connectivity index is 1.92. The molecule has 0 aliphatic rings. The molecule has 2 aromatic carbocycles. The smallest absolute Gasteiger partial charge is 0.252 e. The summed E-state index contributed by atoms with van der Waals surface area (Å²) in [6.45, 7) is 1.16. The molecule has 1 aromatic heterocycles. The lowest BCUT2D eigenvalue weighted by Crippen LogP contribution is -2.25. The van der Waals surface area contributed by atoms with Crippen LogP contribution in [0.3, 0.4) is 0 Å². The van der Waals surface area contributed by atoms with E-state index in [-0.39, 0.29) is 5.91 Å². The van der Waals surface area contributed by atoms with Gasteiger partial charge in [-0.05, 0) is 30.7 Å². The molecule has 0 aliphatic carbocycles. The van der Waals surface area contributed by atoms with E-state index in [4.69, 9.17) is 9.47 Å². The molecule has 0 spiro atoms. The highest BCUT2D eigenvalue weighted by Gasteiger charge is 2.13. The van der Waals surface area contributed by atoms with E-state index in [0.29, 0.717) is 30.3 Å². The average molecular weight is 365 g/mol. The number of hydrogen-bond acceptors (Lipinski definition) is 5. The van der Waals surface area contributed by atoms with E-state index in [1.807, 2.05) is 48.5 Å². The molecule has 6 heteroatoms. The van der Waals surface area contributed by atoms with Crippen LogP contribution in [0.25, 0.3) is 10.9 Å². The highest BCUT2D eigenvalue weighted by molar-refractivity contribution is 6.07. The second-order valence-electron chi connectivity index (χ2n) is 6.00. The number of ether oxygens (including phenoxy) is 2. The summed E-state index contributed by atoms with van der Waals surface area (Å²) in [5.41, 5.74) is 2.11. The van der Waals surface area contributed by atoms with Gasteiger partial charge in [-0.15, -0.1) is 0 Å². The molecule has 1 heterocycles. The van der Waals surface area contributed by atoms with Gasteiger partial charge in [-0.3, -0.25) is 4.79 Å². The summed E-state index contributed by atoms with van der Waals surface area (Å²) < 4.78 is 10.4. The van der Waals surface area contributed by atoms with Crippen molar-refractivity contribution in [1.29, 1.82) is 0 Å². The molecule has 6 nitrogen and oxygen atoms in total. The molecule has 0 unspecified atom stereocenters. The quantitative estimate of drug-likeness (QED) is 0.595. The largest absolute Gasteiger partial charge is 0.495 e. The van der Waals surface area contributed by atoms with E-state index < -0.39 is 0 Å². The van der Waals surface area contributed by atoms with Crippen molar-refractivity contribution < 1.29 is 14.3 Å². The number of para-hydroxylation sites is 3. The summed E-state index contributed by atoms with van der Waals surface area (Å²) in [5, 5.41) is 7.00. The van der Waals surface area contributed by atoms with Crippen molar-refractivity contribution in [2.24, 2.45) is 0 Å². The van der Waals surface area contributed by atoms with Crippen LogP contribution in [-0.2, 0) is 4.74 Å². The second kappa shape index (κ2) is 9.00. The van der Waals surface area contributed by atoms with E-state index in [9.17, 15) is 4.79 Å². The number of hydrogen-bond donors (Lipinski definition) is 2. The van der Waals surface area contributed by atoms with Crippen LogP contribution in [0.4, 0.5) is 11.5 Å². The van der Waals surface area contributed by atoms with Crippen LogP contribution >= 0.6 is 0 Å². The number of carbonyl (C=O) groups is 1. The van der Waals surface area contributed by atoms with Gasteiger partial charge in [0.15, 0.2) is 0 Å². The van der Waals surface area contributed by atoms with Crippen LogP contribution in [0.2, 0.25) is 0 Å². The van der Waals surface area contributed by atoms with Gasteiger partial charge in [-0.1, -0.05) is 30.3 Å². The van der Waals surface area contributed by atoms with Crippen molar-refractivity contribution >= 4 is 28.3 Å². The fraction of sp³-hybridized carbons (Fsp3) is 0.238. The zero-order valence-corrected chi connectivity index (χ0v) is 15.5. The number of nitrogens with zero attached hydrogens (tertiary/aromatic N) is 1. The van der Waals surface area contributed by atoms with Gasteiger partial charge in [0.25, 0.3) is 5.91 Å². The van der Waals surface area contributed by atoms with Gasteiger partial charge in [0.1, 0.15) is 11.6 Å². The number of fused-ring (bicyclic) bond motifs is 1. The number of anilines is 2. The van der Waals surface area contributed by atoms with E-state index in [0.717, 1.165) is 23.0 Å². The zero-order valence-electron chi connectivity index (χ0n) is 15.5. The molecule has 0 saturated heterocycles. The Kier molecular flexibility index (Phi) is 6.22. The predicted molar refractivity (Wildman–Crippen MR) is 107 cm³/mol. The Bertz CT molecular complexity index is 927. The molecular weight excluding hydrogens is 342 g/mol. The van der Waals surface area contributed by atoms with Crippen LogP contribution in [-0.4, -0.2) is 38.3 Å². The van der Waals surface area contributed by atoms with Gasteiger partial charge in [0, 0.05) is 25.6 Å². The molecule has 0 fully saturated rings. The number of benzene rings is 2. The van der Waals surface area contributed by atoms with E-state index in [1.165, 1.54) is 0 Å². The number of pyridine rings is 1. The number of rotatable bonds is 8. The minimum absolute atomic E-state index is 0.132. The molecule has 0 bridgehead atoms. The highest BCUT2D eigenvalue weighted by atomic mass is 16.5. The number of carbonyl (C=O) groups excluding carboxylic acids is 1. The monoisotopic (exact) mass is 365 g/mol. The minimum atomic E-state index is -0.132. The molecule has 2 N–H and O–H groups in total. The van der Waals surface area contributed by atoms with Crippen molar-refractivity contribution in [3.63, 3.8) is 0 Å². The number of amides is 1. The number of nitrogens with one attached hydrogen (secondary N) is 2. The normalized spacial score (nSPS) is 10.6. The van der Waals surface area contributed by atoms with Crippen LogP contribution in [0.5, 0.6) is 5.75 Å². The zero-order chi connectivity index (χ0) is 19.1. The van der Waals surface area contributed by atoms with E-state index >= 15 is 0 Å². The van der Waals surface area contributed by atoms with Gasteiger partial charge < -0.3 is 20.1 Å². The lowest BCUT2D eigenvalue weighted by atomic mass is 10.1. The lowest BCUT2D eigenvalue weighted by Gasteiger charge is -2.13. The molecule has 1 amide bonds. The first kappa shape index (κ1) is 18.7. The topological polar surface area (TPSA) is 72.5 Å². The molecule has 3 aromatic rings. The van der Waals surface area contributed by atoms with Crippen LogP contribution < -0.4 is 15.4 Å².